The lowest BCUT2D eigenvalue weighted by atomic mass is 10.0. The third-order valence-corrected chi connectivity index (χ3v) is 3.85. The number of benzene rings is 1. The van der Waals surface area contributed by atoms with Crippen molar-refractivity contribution in [2.45, 2.75) is 25.8 Å². The molecule has 1 N–H and O–H groups in total. The number of aromatic nitrogens is 2. The Morgan fingerprint density at radius 2 is 2.00 bits per heavy atom. The highest BCUT2D eigenvalue weighted by Gasteiger charge is 2.24. The second-order valence-corrected chi connectivity index (χ2v) is 5.82. The summed E-state index contributed by atoms with van der Waals surface area (Å²) in [7, 11) is 5.44. The van der Waals surface area contributed by atoms with E-state index in [9.17, 15) is 4.79 Å². The topological polar surface area (TPSA) is 50.2 Å². The van der Waals surface area contributed by atoms with Crippen molar-refractivity contribution in [2.24, 2.45) is 7.05 Å². The highest BCUT2D eigenvalue weighted by molar-refractivity contribution is 5.97. The maximum absolute atomic E-state index is 12.8. The van der Waals surface area contributed by atoms with E-state index in [0.717, 1.165) is 11.3 Å². The van der Waals surface area contributed by atoms with Gasteiger partial charge in [0, 0.05) is 31.5 Å². The van der Waals surface area contributed by atoms with Crippen LogP contribution in [-0.4, -0.2) is 29.8 Å². The number of anilines is 1. The fourth-order valence-corrected chi connectivity index (χ4v) is 2.44. The minimum absolute atomic E-state index is 0. The van der Waals surface area contributed by atoms with Crippen LogP contribution in [0.4, 0.5) is 5.69 Å². The Hall–Kier alpha value is -1.85. The highest BCUT2D eigenvalue weighted by Crippen LogP contribution is 2.23. The van der Waals surface area contributed by atoms with Gasteiger partial charge in [0.1, 0.15) is 6.04 Å². The molecule has 6 heteroatoms. The predicted octanol–water partition coefficient (Wildman–Crippen LogP) is 2.89. The molecule has 1 aromatic carbocycles. The zero-order valence-electron chi connectivity index (χ0n) is 14.3. The van der Waals surface area contributed by atoms with Crippen molar-refractivity contribution in [3.8, 4) is 0 Å². The number of halogens is 1. The fourth-order valence-electron chi connectivity index (χ4n) is 2.44. The SMILES string of the molecule is CNC(C(=O)N(C)c1cccc(C(C)C)c1)c1cnn(C)c1.Cl. The van der Waals surface area contributed by atoms with Gasteiger partial charge in [-0.2, -0.15) is 5.10 Å². The summed E-state index contributed by atoms with van der Waals surface area (Å²) in [5.74, 6) is 0.429. The number of nitrogens with zero attached hydrogens (tertiary/aromatic N) is 3. The lowest BCUT2D eigenvalue weighted by Gasteiger charge is -2.24. The number of hydrogen-bond donors (Lipinski definition) is 1. The summed E-state index contributed by atoms with van der Waals surface area (Å²) >= 11 is 0. The molecule has 1 aromatic heterocycles. The van der Waals surface area contributed by atoms with Gasteiger partial charge in [-0.25, -0.2) is 0 Å². The largest absolute Gasteiger partial charge is 0.314 e. The van der Waals surface area contributed by atoms with Gasteiger partial charge in [-0.05, 0) is 30.7 Å². The number of amides is 1. The molecule has 0 fully saturated rings. The Bertz CT molecular complexity index is 654. The van der Waals surface area contributed by atoms with Gasteiger partial charge in [-0.1, -0.05) is 26.0 Å². The van der Waals surface area contributed by atoms with Crippen molar-refractivity contribution >= 4 is 24.0 Å². The maximum atomic E-state index is 12.8. The summed E-state index contributed by atoms with van der Waals surface area (Å²) in [6, 6.07) is 7.70. The zero-order valence-corrected chi connectivity index (χ0v) is 15.1. The van der Waals surface area contributed by atoms with Crippen LogP contribution in [0.15, 0.2) is 36.7 Å². The van der Waals surface area contributed by atoms with E-state index in [2.05, 4.69) is 36.4 Å². The highest BCUT2D eigenvalue weighted by atomic mass is 35.5. The first-order valence-corrected chi connectivity index (χ1v) is 7.47. The number of hydrogen-bond acceptors (Lipinski definition) is 3. The van der Waals surface area contributed by atoms with E-state index in [-0.39, 0.29) is 18.3 Å². The summed E-state index contributed by atoms with van der Waals surface area (Å²) in [6.45, 7) is 4.29. The van der Waals surface area contributed by atoms with Gasteiger partial charge in [0.15, 0.2) is 0 Å². The summed E-state index contributed by atoms with van der Waals surface area (Å²) in [4.78, 5) is 14.5. The van der Waals surface area contributed by atoms with Gasteiger partial charge in [0.2, 0.25) is 5.91 Å². The summed E-state index contributed by atoms with van der Waals surface area (Å²) in [6.07, 6.45) is 3.58. The quantitative estimate of drug-likeness (QED) is 0.913. The van der Waals surface area contributed by atoms with E-state index in [4.69, 9.17) is 0 Å². The lowest BCUT2D eigenvalue weighted by Crippen LogP contribution is -2.37. The minimum Gasteiger partial charge on any atom is -0.314 e. The molecule has 1 atom stereocenters. The van der Waals surface area contributed by atoms with Gasteiger partial charge in [-0.3, -0.25) is 9.48 Å². The number of aryl methyl sites for hydroxylation is 1. The molecule has 1 heterocycles. The van der Waals surface area contributed by atoms with Crippen molar-refractivity contribution < 1.29 is 4.79 Å². The zero-order chi connectivity index (χ0) is 16.3. The molecule has 0 aliphatic heterocycles. The Morgan fingerprint density at radius 1 is 1.30 bits per heavy atom. The van der Waals surface area contributed by atoms with Gasteiger partial charge in [0.05, 0.1) is 6.20 Å². The third kappa shape index (κ3) is 4.33. The monoisotopic (exact) mass is 336 g/mol. The average Bonchev–Trinajstić information content (AvgIpc) is 2.93. The Labute approximate surface area is 144 Å². The normalized spacial score (nSPS) is 11.9. The van der Waals surface area contributed by atoms with E-state index in [1.807, 2.05) is 32.4 Å². The number of rotatable bonds is 5. The molecule has 0 saturated carbocycles. The van der Waals surface area contributed by atoms with Crippen LogP contribution >= 0.6 is 12.4 Å². The van der Waals surface area contributed by atoms with Gasteiger partial charge in [-0.15, -0.1) is 12.4 Å². The van der Waals surface area contributed by atoms with E-state index < -0.39 is 6.04 Å². The molecular formula is C17H25ClN4O. The van der Waals surface area contributed by atoms with Gasteiger partial charge in [0.25, 0.3) is 0 Å². The molecule has 1 amide bonds. The lowest BCUT2D eigenvalue weighted by molar-refractivity contribution is -0.120. The second kappa shape index (κ2) is 8.13. The van der Waals surface area contributed by atoms with Crippen molar-refractivity contribution in [1.29, 1.82) is 0 Å². The molecular weight excluding hydrogens is 312 g/mol. The predicted molar refractivity (Wildman–Crippen MR) is 96.2 cm³/mol. The summed E-state index contributed by atoms with van der Waals surface area (Å²) in [5, 5.41) is 7.22. The number of carbonyl (C=O) groups excluding carboxylic acids is 1. The van der Waals surface area contributed by atoms with Crippen LogP contribution in [0.2, 0.25) is 0 Å². The first-order valence-electron chi connectivity index (χ1n) is 7.47. The van der Waals surface area contributed by atoms with Gasteiger partial charge >= 0.3 is 0 Å². The summed E-state index contributed by atoms with van der Waals surface area (Å²) < 4.78 is 1.70. The van der Waals surface area contributed by atoms with Crippen LogP contribution in [0.25, 0.3) is 0 Å². The number of likely N-dealkylation sites (N-methyl/N-ethyl adjacent to an activating group) is 2. The van der Waals surface area contributed by atoms with Gasteiger partial charge < -0.3 is 10.2 Å². The van der Waals surface area contributed by atoms with Crippen LogP contribution in [-0.2, 0) is 11.8 Å². The molecule has 5 nitrogen and oxygen atoms in total. The number of nitrogens with one attached hydrogen (secondary N) is 1. The van der Waals surface area contributed by atoms with E-state index in [0.29, 0.717) is 5.92 Å². The Balaban J connectivity index is 0.00000264. The second-order valence-electron chi connectivity index (χ2n) is 5.82. The van der Waals surface area contributed by atoms with Crippen LogP contribution in [0.3, 0.4) is 0 Å². The van der Waals surface area contributed by atoms with Crippen molar-refractivity contribution in [2.75, 3.05) is 19.0 Å². The Morgan fingerprint density at radius 3 is 2.52 bits per heavy atom. The van der Waals surface area contributed by atoms with Crippen LogP contribution in [0, 0.1) is 0 Å². The molecule has 0 aliphatic carbocycles. The fraction of sp³-hybridized carbons (Fsp3) is 0.412. The molecule has 0 bridgehead atoms. The van der Waals surface area contributed by atoms with E-state index in [1.165, 1.54) is 5.56 Å². The molecule has 2 aromatic rings. The molecule has 126 valence electrons. The molecule has 0 aliphatic rings. The standard InChI is InChI=1S/C17H24N4O.ClH/c1-12(2)13-7-6-8-15(9-13)21(5)17(22)16(18-3)14-10-19-20(4)11-14;/h6-12,16,18H,1-5H3;1H. The molecule has 0 spiro atoms. The van der Waals surface area contributed by atoms with Crippen molar-refractivity contribution in [3.63, 3.8) is 0 Å². The third-order valence-electron chi connectivity index (χ3n) is 3.85. The Kier molecular flexibility index (Phi) is 6.79. The first-order chi connectivity index (χ1) is 10.4. The summed E-state index contributed by atoms with van der Waals surface area (Å²) in [5.41, 5.74) is 2.99. The molecule has 2 rings (SSSR count). The van der Waals surface area contributed by atoms with E-state index >= 15 is 0 Å². The van der Waals surface area contributed by atoms with Crippen LogP contribution < -0.4 is 10.2 Å². The van der Waals surface area contributed by atoms with Crippen LogP contribution in [0.5, 0.6) is 0 Å². The van der Waals surface area contributed by atoms with Crippen LogP contribution in [0.1, 0.15) is 36.9 Å². The smallest absolute Gasteiger partial charge is 0.248 e. The minimum atomic E-state index is -0.401. The number of carbonyl (C=O) groups is 1. The maximum Gasteiger partial charge on any atom is 0.248 e. The molecule has 0 radical (unpaired) electrons. The average molecular weight is 337 g/mol. The molecule has 1 unspecified atom stereocenters. The van der Waals surface area contributed by atoms with Crippen molar-refractivity contribution in [3.05, 3.63) is 47.8 Å². The molecule has 23 heavy (non-hydrogen) atoms. The van der Waals surface area contributed by atoms with Crippen molar-refractivity contribution in [1.82, 2.24) is 15.1 Å². The van der Waals surface area contributed by atoms with E-state index in [1.54, 1.807) is 22.8 Å². The molecule has 0 saturated heterocycles. The first kappa shape index (κ1) is 19.2.